The van der Waals surface area contributed by atoms with Crippen LogP contribution in [0.2, 0.25) is 0 Å². The molecule has 2 unspecified atom stereocenters. The number of thioether (sulfide) groups is 1. The molecule has 0 saturated carbocycles. The van der Waals surface area contributed by atoms with E-state index in [0.29, 0.717) is 16.7 Å². The fourth-order valence-corrected chi connectivity index (χ4v) is 2.84. The highest BCUT2D eigenvalue weighted by Gasteiger charge is 2.34. The van der Waals surface area contributed by atoms with Crippen LogP contribution in [0.1, 0.15) is 40.5 Å². The maximum Gasteiger partial charge on any atom is 0.323 e. The lowest BCUT2D eigenvalue weighted by molar-refractivity contribution is -0.151. The summed E-state index contributed by atoms with van der Waals surface area (Å²) >= 11 is 0.709. The van der Waals surface area contributed by atoms with Gasteiger partial charge in [0.15, 0.2) is 5.12 Å². The van der Waals surface area contributed by atoms with Crippen molar-refractivity contribution < 1.29 is 38.6 Å². The molecule has 11 nitrogen and oxygen atoms in total. The SMILES string of the molecule is CC(=O)SCC(C(=O)NCC(=O)O)N(C(C)=O)C(=O)CCC(N)C(=O)OC(C)C. The van der Waals surface area contributed by atoms with Gasteiger partial charge in [0.2, 0.25) is 17.7 Å². The van der Waals surface area contributed by atoms with Gasteiger partial charge < -0.3 is 20.9 Å². The van der Waals surface area contributed by atoms with Crippen molar-refractivity contribution in [1.82, 2.24) is 10.2 Å². The number of hydrogen-bond acceptors (Lipinski definition) is 9. The van der Waals surface area contributed by atoms with Crippen LogP contribution in [-0.4, -0.2) is 75.3 Å². The van der Waals surface area contributed by atoms with E-state index in [2.05, 4.69) is 5.32 Å². The van der Waals surface area contributed by atoms with Gasteiger partial charge in [-0.15, -0.1) is 0 Å². The van der Waals surface area contributed by atoms with Crippen LogP contribution in [0.4, 0.5) is 0 Å². The fraction of sp³-hybridized carbons (Fsp3) is 0.647. The molecule has 0 radical (unpaired) electrons. The molecule has 0 aromatic heterocycles. The number of nitrogens with one attached hydrogen (secondary N) is 1. The quantitative estimate of drug-likeness (QED) is 0.352. The van der Waals surface area contributed by atoms with E-state index in [0.717, 1.165) is 6.92 Å². The van der Waals surface area contributed by atoms with E-state index >= 15 is 0 Å². The molecule has 164 valence electrons. The van der Waals surface area contributed by atoms with Crippen molar-refractivity contribution in [3.8, 4) is 0 Å². The van der Waals surface area contributed by atoms with Crippen LogP contribution in [0.5, 0.6) is 0 Å². The topological polar surface area (TPSA) is 173 Å². The van der Waals surface area contributed by atoms with Gasteiger partial charge >= 0.3 is 11.9 Å². The van der Waals surface area contributed by atoms with Gasteiger partial charge in [-0.2, -0.15) is 0 Å². The number of amides is 3. The maximum atomic E-state index is 12.6. The highest BCUT2D eigenvalue weighted by Crippen LogP contribution is 2.14. The number of carbonyl (C=O) groups excluding carboxylic acids is 5. The Balaban J connectivity index is 5.30. The standard InChI is InChI=1S/C17H27N3O8S/c1-9(2)28-17(27)12(18)5-6-14(23)20(10(3)21)13(8-29-11(4)22)16(26)19-7-15(24)25/h9,12-13H,5-8,18H2,1-4H3,(H,19,26)(H,24,25). The summed E-state index contributed by atoms with van der Waals surface area (Å²) in [5.74, 6) is -4.71. The lowest BCUT2D eigenvalue weighted by atomic mass is 10.1. The Morgan fingerprint density at radius 2 is 1.72 bits per heavy atom. The molecular weight excluding hydrogens is 406 g/mol. The Morgan fingerprint density at radius 3 is 2.17 bits per heavy atom. The second kappa shape index (κ2) is 12.9. The molecule has 0 bridgehead atoms. The van der Waals surface area contributed by atoms with E-state index in [4.69, 9.17) is 15.6 Å². The average Bonchev–Trinajstić information content (AvgIpc) is 2.59. The van der Waals surface area contributed by atoms with Crippen molar-refractivity contribution in [2.45, 2.75) is 58.7 Å². The number of imide groups is 1. The summed E-state index contributed by atoms with van der Waals surface area (Å²) in [6.45, 7) is 4.86. The number of aliphatic carboxylic acids is 1. The molecular formula is C17H27N3O8S. The van der Waals surface area contributed by atoms with E-state index in [9.17, 15) is 28.8 Å². The number of carboxylic acid groups (broad SMARTS) is 1. The van der Waals surface area contributed by atoms with Gasteiger partial charge in [0.25, 0.3) is 0 Å². The monoisotopic (exact) mass is 433 g/mol. The first kappa shape index (κ1) is 26.5. The Labute approximate surface area is 172 Å². The van der Waals surface area contributed by atoms with Crippen molar-refractivity contribution in [1.29, 1.82) is 0 Å². The summed E-state index contributed by atoms with van der Waals surface area (Å²) in [5.41, 5.74) is 5.68. The van der Waals surface area contributed by atoms with Crippen molar-refractivity contribution >= 4 is 46.5 Å². The van der Waals surface area contributed by atoms with Crippen LogP contribution in [0, 0.1) is 0 Å². The third-order valence-corrected chi connectivity index (χ3v) is 4.29. The molecule has 29 heavy (non-hydrogen) atoms. The first-order chi connectivity index (χ1) is 13.4. The number of nitrogens with zero attached hydrogens (tertiary/aromatic N) is 1. The zero-order chi connectivity index (χ0) is 22.7. The molecule has 0 rings (SSSR count). The van der Waals surface area contributed by atoms with E-state index in [1.165, 1.54) is 6.92 Å². The van der Waals surface area contributed by atoms with Gasteiger partial charge in [-0.05, 0) is 20.3 Å². The first-order valence-corrected chi connectivity index (χ1v) is 9.76. The minimum Gasteiger partial charge on any atom is -0.480 e. The van der Waals surface area contributed by atoms with Crippen LogP contribution in [-0.2, 0) is 33.5 Å². The largest absolute Gasteiger partial charge is 0.480 e. The highest BCUT2D eigenvalue weighted by molar-refractivity contribution is 8.13. The molecule has 0 aromatic rings. The molecule has 0 aliphatic heterocycles. The Kier molecular flexibility index (Phi) is 11.8. The van der Waals surface area contributed by atoms with Crippen LogP contribution in [0.3, 0.4) is 0 Å². The minimum atomic E-state index is -1.40. The summed E-state index contributed by atoms with van der Waals surface area (Å²) in [5, 5.41) is 10.4. The molecule has 0 saturated heterocycles. The van der Waals surface area contributed by atoms with Crippen molar-refractivity contribution in [3.63, 3.8) is 0 Å². The third-order valence-electron chi connectivity index (χ3n) is 3.40. The van der Waals surface area contributed by atoms with Crippen molar-refractivity contribution in [2.75, 3.05) is 12.3 Å². The van der Waals surface area contributed by atoms with Crippen LogP contribution < -0.4 is 11.1 Å². The number of nitrogens with two attached hydrogens (primary N) is 1. The van der Waals surface area contributed by atoms with Gasteiger partial charge in [-0.1, -0.05) is 11.8 Å². The average molecular weight is 433 g/mol. The minimum absolute atomic E-state index is 0.127. The maximum absolute atomic E-state index is 12.6. The number of rotatable bonds is 11. The molecule has 0 aliphatic carbocycles. The summed E-state index contributed by atoms with van der Waals surface area (Å²) in [6.07, 6.45) is -0.845. The Hall–Kier alpha value is -2.47. The second-order valence-corrected chi connectivity index (χ2v) is 7.54. The molecule has 0 spiro atoms. The zero-order valence-electron chi connectivity index (χ0n) is 16.8. The summed E-state index contributed by atoms with van der Waals surface area (Å²) in [4.78, 5) is 71.2. The molecule has 4 N–H and O–H groups in total. The second-order valence-electron chi connectivity index (χ2n) is 6.34. The van der Waals surface area contributed by atoms with E-state index in [1.807, 2.05) is 0 Å². The van der Waals surface area contributed by atoms with Gasteiger partial charge in [0.05, 0.1) is 6.10 Å². The fourth-order valence-electron chi connectivity index (χ4n) is 2.15. The van der Waals surface area contributed by atoms with Crippen molar-refractivity contribution in [3.05, 3.63) is 0 Å². The van der Waals surface area contributed by atoms with E-state index in [-0.39, 0.29) is 29.8 Å². The molecule has 0 fully saturated rings. The normalized spacial score (nSPS) is 12.6. The molecule has 2 atom stereocenters. The van der Waals surface area contributed by atoms with Crippen molar-refractivity contribution in [2.24, 2.45) is 5.73 Å². The van der Waals surface area contributed by atoms with Crippen LogP contribution >= 0.6 is 11.8 Å². The number of carboxylic acids is 1. The molecule has 12 heteroatoms. The predicted molar refractivity (Wildman–Crippen MR) is 104 cm³/mol. The van der Waals surface area contributed by atoms with Crippen LogP contribution in [0.15, 0.2) is 0 Å². The summed E-state index contributed by atoms with van der Waals surface area (Å²) in [6, 6.07) is -2.49. The Morgan fingerprint density at radius 1 is 1.14 bits per heavy atom. The molecule has 3 amide bonds. The van der Waals surface area contributed by atoms with Gasteiger partial charge in [-0.25, -0.2) is 0 Å². The third kappa shape index (κ3) is 10.6. The predicted octanol–water partition coefficient (Wildman–Crippen LogP) is -0.730. The number of hydrogen-bond donors (Lipinski definition) is 3. The van der Waals surface area contributed by atoms with E-state index < -0.39 is 48.3 Å². The molecule has 0 aromatic carbocycles. The van der Waals surface area contributed by atoms with Gasteiger partial charge in [-0.3, -0.25) is 33.7 Å². The number of ether oxygens (including phenoxy) is 1. The zero-order valence-corrected chi connectivity index (χ0v) is 17.6. The molecule has 0 aliphatic rings. The molecule has 0 heterocycles. The first-order valence-electron chi connectivity index (χ1n) is 8.78. The highest BCUT2D eigenvalue weighted by atomic mass is 32.2. The van der Waals surface area contributed by atoms with E-state index in [1.54, 1.807) is 13.8 Å². The van der Waals surface area contributed by atoms with Crippen LogP contribution in [0.25, 0.3) is 0 Å². The summed E-state index contributed by atoms with van der Waals surface area (Å²) < 4.78 is 4.94. The number of esters is 1. The smallest absolute Gasteiger partial charge is 0.323 e. The Bertz CT molecular complexity index is 653. The number of carbonyl (C=O) groups is 6. The lowest BCUT2D eigenvalue weighted by Gasteiger charge is -2.28. The summed E-state index contributed by atoms with van der Waals surface area (Å²) in [7, 11) is 0. The van der Waals surface area contributed by atoms with Gasteiger partial charge in [0, 0.05) is 26.0 Å². The van der Waals surface area contributed by atoms with Gasteiger partial charge in [0.1, 0.15) is 18.6 Å². The lowest BCUT2D eigenvalue weighted by Crippen LogP contribution is -2.54.